The predicted molar refractivity (Wildman–Crippen MR) is 87.0 cm³/mol. The zero-order chi connectivity index (χ0) is 15.5. The van der Waals surface area contributed by atoms with E-state index >= 15 is 0 Å². The van der Waals surface area contributed by atoms with Gasteiger partial charge in [0.15, 0.2) is 11.5 Å². The van der Waals surface area contributed by atoms with Crippen molar-refractivity contribution in [3.05, 3.63) is 23.8 Å². The molecule has 2 rings (SSSR count). The number of ether oxygens (including phenoxy) is 2. The molecule has 1 aliphatic rings. The molecule has 0 spiro atoms. The van der Waals surface area contributed by atoms with Gasteiger partial charge in [0.2, 0.25) is 0 Å². The summed E-state index contributed by atoms with van der Waals surface area (Å²) in [6.07, 6.45) is 6.09. The van der Waals surface area contributed by atoms with E-state index in [0.717, 1.165) is 17.9 Å². The highest BCUT2D eigenvalue weighted by Gasteiger charge is 2.35. The molecule has 0 heterocycles. The zero-order valence-electron chi connectivity index (χ0n) is 13.8. The lowest BCUT2D eigenvalue weighted by atomic mass is 9.65. The number of nitrogens with two attached hydrogens (primary N) is 1. The Morgan fingerprint density at radius 2 is 1.90 bits per heavy atom. The molecule has 0 amide bonds. The molecule has 2 atom stereocenters. The zero-order valence-corrected chi connectivity index (χ0v) is 13.8. The fourth-order valence-corrected chi connectivity index (χ4v) is 3.74. The van der Waals surface area contributed by atoms with Gasteiger partial charge >= 0.3 is 0 Å². The van der Waals surface area contributed by atoms with E-state index < -0.39 is 0 Å². The summed E-state index contributed by atoms with van der Waals surface area (Å²) in [7, 11) is 3.33. The highest BCUT2D eigenvalue weighted by molar-refractivity contribution is 5.43. The van der Waals surface area contributed by atoms with Gasteiger partial charge < -0.3 is 15.2 Å². The maximum atomic E-state index is 6.55. The van der Waals surface area contributed by atoms with E-state index in [9.17, 15) is 0 Å². The van der Waals surface area contributed by atoms with Crippen LogP contribution in [0.25, 0.3) is 0 Å². The largest absolute Gasteiger partial charge is 0.493 e. The average molecular weight is 291 g/mol. The Morgan fingerprint density at radius 1 is 1.19 bits per heavy atom. The summed E-state index contributed by atoms with van der Waals surface area (Å²) < 4.78 is 10.7. The van der Waals surface area contributed by atoms with Crippen LogP contribution >= 0.6 is 0 Å². The van der Waals surface area contributed by atoms with Gasteiger partial charge in [-0.05, 0) is 48.3 Å². The van der Waals surface area contributed by atoms with Crippen molar-refractivity contribution in [3.63, 3.8) is 0 Å². The normalized spacial score (nSPS) is 22.6. The highest BCUT2D eigenvalue weighted by atomic mass is 16.5. The average Bonchev–Trinajstić information content (AvgIpc) is 2.46. The Hall–Kier alpha value is -1.22. The van der Waals surface area contributed by atoms with Crippen molar-refractivity contribution in [1.82, 2.24) is 0 Å². The van der Waals surface area contributed by atoms with Crippen LogP contribution in [0.5, 0.6) is 11.5 Å². The third-order valence-electron chi connectivity index (χ3n) is 5.03. The number of hydrogen-bond acceptors (Lipinski definition) is 3. The minimum atomic E-state index is 0.207. The van der Waals surface area contributed by atoms with Gasteiger partial charge in [-0.2, -0.15) is 0 Å². The lowest BCUT2D eigenvalue weighted by Gasteiger charge is -2.42. The number of hydrogen-bond donors (Lipinski definition) is 1. The van der Waals surface area contributed by atoms with Crippen molar-refractivity contribution in [2.75, 3.05) is 14.2 Å². The molecule has 2 unspecified atom stereocenters. The first-order chi connectivity index (χ1) is 9.97. The minimum absolute atomic E-state index is 0.207. The molecule has 0 saturated heterocycles. The van der Waals surface area contributed by atoms with Crippen molar-refractivity contribution >= 4 is 0 Å². The molecule has 3 nitrogen and oxygen atoms in total. The fourth-order valence-electron chi connectivity index (χ4n) is 3.74. The Kier molecular flexibility index (Phi) is 5.15. The summed E-state index contributed by atoms with van der Waals surface area (Å²) in [6.45, 7) is 4.73. The molecule has 0 radical (unpaired) electrons. The van der Waals surface area contributed by atoms with Crippen molar-refractivity contribution in [1.29, 1.82) is 0 Å². The van der Waals surface area contributed by atoms with Crippen LogP contribution < -0.4 is 15.2 Å². The summed E-state index contributed by atoms with van der Waals surface area (Å²) in [6, 6.07) is 6.32. The van der Waals surface area contributed by atoms with Crippen molar-refractivity contribution in [3.8, 4) is 11.5 Å². The van der Waals surface area contributed by atoms with E-state index in [4.69, 9.17) is 15.2 Å². The van der Waals surface area contributed by atoms with Gasteiger partial charge in [-0.15, -0.1) is 0 Å². The van der Waals surface area contributed by atoms with Gasteiger partial charge in [-0.1, -0.05) is 32.8 Å². The van der Waals surface area contributed by atoms with Gasteiger partial charge in [0.1, 0.15) is 0 Å². The Balaban J connectivity index is 2.10. The van der Waals surface area contributed by atoms with Gasteiger partial charge in [0.05, 0.1) is 14.2 Å². The molecule has 0 aromatic heterocycles. The fraction of sp³-hybridized carbons (Fsp3) is 0.667. The van der Waals surface area contributed by atoms with E-state index in [1.807, 2.05) is 6.07 Å². The molecular weight excluding hydrogens is 262 g/mol. The molecule has 1 fully saturated rings. The van der Waals surface area contributed by atoms with Gasteiger partial charge in [0.25, 0.3) is 0 Å². The lowest BCUT2D eigenvalue weighted by Crippen LogP contribution is -2.42. The lowest BCUT2D eigenvalue weighted by molar-refractivity contribution is 0.112. The molecule has 0 bridgehead atoms. The van der Waals surface area contributed by atoms with E-state index in [1.54, 1.807) is 14.2 Å². The molecule has 3 heteroatoms. The van der Waals surface area contributed by atoms with Gasteiger partial charge in [0, 0.05) is 6.04 Å². The predicted octanol–water partition coefficient (Wildman–Crippen LogP) is 3.79. The summed E-state index contributed by atoms with van der Waals surface area (Å²) in [5.74, 6) is 2.15. The maximum absolute atomic E-state index is 6.55. The second-order valence-corrected chi connectivity index (χ2v) is 6.90. The van der Waals surface area contributed by atoms with Crippen LogP contribution in [-0.2, 0) is 6.42 Å². The van der Waals surface area contributed by atoms with E-state index in [0.29, 0.717) is 11.3 Å². The molecule has 21 heavy (non-hydrogen) atoms. The molecule has 1 aromatic carbocycles. The van der Waals surface area contributed by atoms with E-state index in [2.05, 4.69) is 26.0 Å². The van der Waals surface area contributed by atoms with Crippen molar-refractivity contribution in [2.45, 2.75) is 52.0 Å². The summed E-state index contributed by atoms with van der Waals surface area (Å²) in [5, 5.41) is 0. The SMILES string of the molecule is COc1ccc(CC(N)C2CCCCC2(C)C)cc1OC. The second-order valence-electron chi connectivity index (χ2n) is 6.90. The first-order valence-corrected chi connectivity index (χ1v) is 7.94. The third-order valence-corrected chi connectivity index (χ3v) is 5.03. The summed E-state index contributed by atoms with van der Waals surface area (Å²) in [4.78, 5) is 0. The van der Waals surface area contributed by atoms with E-state index in [-0.39, 0.29) is 6.04 Å². The summed E-state index contributed by atoms with van der Waals surface area (Å²) >= 11 is 0. The molecule has 1 aliphatic carbocycles. The van der Waals surface area contributed by atoms with Crippen LogP contribution in [0.3, 0.4) is 0 Å². The van der Waals surface area contributed by atoms with Crippen molar-refractivity contribution < 1.29 is 9.47 Å². The van der Waals surface area contributed by atoms with Gasteiger partial charge in [-0.3, -0.25) is 0 Å². The van der Waals surface area contributed by atoms with Crippen LogP contribution in [0, 0.1) is 11.3 Å². The Morgan fingerprint density at radius 3 is 2.52 bits per heavy atom. The molecule has 118 valence electrons. The molecule has 1 aromatic rings. The Bertz CT molecular complexity index is 470. The van der Waals surface area contributed by atoms with Crippen molar-refractivity contribution in [2.24, 2.45) is 17.1 Å². The number of benzene rings is 1. The standard InChI is InChI=1S/C18H29NO2/c1-18(2)10-6-5-7-14(18)15(19)11-13-8-9-16(20-3)17(12-13)21-4/h8-9,12,14-15H,5-7,10-11,19H2,1-4H3. The minimum Gasteiger partial charge on any atom is -0.493 e. The van der Waals surface area contributed by atoms with Crippen LogP contribution in [0.15, 0.2) is 18.2 Å². The topological polar surface area (TPSA) is 44.5 Å². The number of rotatable bonds is 5. The highest BCUT2D eigenvalue weighted by Crippen LogP contribution is 2.42. The monoisotopic (exact) mass is 291 g/mol. The Labute approximate surface area is 128 Å². The molecule has 0 aliphatic heterocycles. The first-order valence-electron chi connectivity index (χ1n) is 7.94. The number of methoxy groups -OCH3 is 2. The third kappa shape index (κ3) is 3.70. The molecule has 1 saturated carbocycles. The summed E-state index contributed by atoms with van der Waals surface area (Å²) in [5.41, 5.74) is 8.13. The maximum Gasteiger partial charge on any atom is 0.160 e. The molecular formula is C18H29NO2. The first kappa shape index (κ1) is 16.2. The van der Waals surface area contributed by atoms with E-state index in [1.165, 1.54) is 31.2 Å². The van der Waals surface area contributed by atoms with Crippen LogP contribution in [-0.4, -0.2) is 20.3 Å². The van der Waals surface area contributed by atoms with Crippen LogP contribution in [0.1, 0.15) is 45.1 Å². The van der Waals surface area contributed by atoms with Gasteiger partial charge in [-0.25, -0.2) is 0 Å². The van der Waals surface area contributed by atoms with Crippen LogP contribution in [0.4, 0.5) is 0 Å². The van der Waals surface area contributed by atoms with Crippen LogP contribution in [0.2, 0.25) is 0 Å². The second kappa shape index (κ2) is 6.69. The molecule has 2 N–H and O–H groups in total. The smallest absolute Gasteiger partial charge is 0.160 e. The quantitative estimate of drug-likeness (QED) is 0.897.